The van der Waals surface area contributed by atoms with Crippen LogP contribution < -0.4 is 5.32 Å². The summed E-state index contributed by atoms with van der Waals surface area (Å²) in [5.74, 6) is 0.281. The van der Waals surface area contributed by atoms with Crippen molar-refractivity contribution >= 4 is 11.4 Å². The third kappa shape index (κ3) is 2.62. The van der Waals surface area contributed by atoms with E-state index in [1.807, 2.05) is 36.4 Å². The Hall–Kier alpha value is -2.42. The first-order valence-corrected chi connectivity index (χ1v) is 6.80. The lowest BCUT2D eigenvalue weighted by molar-refractivity contribution is -0.119. The number of rotatable bonds is 2. The molecule has 2 heterocycles. The van der Waals surface area contributed by atoms with E-state index in [9.17, 15) is 4.79 Å². The van der Waals surface area contributed by atoms with Gasteiger partial charge in [-0.3, -0.25) is 9.78 Å². The maximum Gasteiger partial charge on any atom is 0.140 e. The molecule has 0 aliphatic carbocycles. The van der Waals surface area contributed by atoms with Crippen LogP contribution in [-0.2, 0) is 4.79 Å². The number of pyridine rings is 1. The summed E-state index contributed by atoms with van der Waals surface area (Å²) in [5, 5.41) is 3.37. The number of hydrogen-bond acceptors (Lipinski definition) is 3. The smallest absolute Gasteiger partial charge is 0.140 e. The minimum atomic E-state index is 0.281. The SMILES string of the molecule is O=C1CCNC(=C(c2ccccc2)c2ccccn2)C1. The lowest BCUT2D eigenvalue weighted by atomic mass is 9.95. The van der Waals surface area contributed by atoms with Crippen LogP contribution >= 0.6 is 0 Å². The second-order valence-corrected chi connectivity index (χ2v) is 4.83. The van der Waals surface area contributed by atoms with Crippen LogP contribution in [0.5, 0.6) is 0 Å². The monoisotopic (exact) mass is 264 g/mol. The molecular weight excluding hydrogens is 248 g/mol. The second-order valence-electron chi connectivity index (χ2n) is 4.83. The van der Waals surface area contributed by atoms with Crippen LogP contribution in [0.25, 0.3) is 5.57 Å². The summed E-state index contributed by atoms with van der Waals surface area (Å²) in [6, 6.07) is 16.0. The molecule has 0 bridgehead atoms. The third-order valence-corrected chi connectivity index (χ3v) is 3.40. The van der Waals surface area contributed by atoms with Crippen LogP contribution in [0.2, 0.25) is 0 Å². The Bertz CT molecular complexity index is 591. The highest BCUT2D eigenvalue weighted by atomic mass is 16.1. The highest BCUT2D eigenvalue weighted by Crippen LogP contribution is 2.27. The molecule has 0 radical (unpaired) electrons. The molecule has 3 nitrogen and oxygen atoms in total. The number of piperidine rings is 1. The highest BCUT2D eigenvalue weighted by molar-refractivity contribution is 5.88. The standard InChI is InChI=1S/C17H16N2O/c20-14-9-11-19-16(12-14)17(13-6-2-1-3-7-13)15-8-4-5-10-18-15/h1-8,10,19H,9,11-12H2. The Morgan fingerprint density at radius 1 is 1.05 bits per heavy atom. The number of allylic oxidation sites excluding steroid dienone is 1. The highest BCUT2D eigenvalue weighted by Gasteiger charge is 2.19. The number of nitrogens with one attached hydrogen (secondary N) is 1. The van der Waals surface area contributed by atoms with Crippen molar-refractivity contribution in [2.75, 3.05) is 6.54 Å². The van der Waals surface area contributed by atoms with Gasteiger partial charge >= 0.3 is 0 Å². The zero-order chi connectivity index (χ0) is 13.8. The predicted octanol–water partition coefficient (Wildman–Crippen LogP) is 2.79. The molecule has 0 unspecified atom stereocenters. The van der Waals surface area contributed by atoms with E-state index in [1.54, 1.807) is 6.20 Å². The Labute approximate surface area is 118 Å². The van der Waals surface area contributed by atoms with E-state index >= 15 is 0 Å². The van der Waals surface area contributed by atoms with Crippen LogP contribution in [0.4, 0.5) is 0 Å². The summed E-state index contributed by atoms with van der Waals surface area (Å²) in [5.41, 5.74) is 3.99. The molecule has 3 heteroatoms. The summed E-state index contributed by atoms with van der Waals surface area (Å²) < 4.78 is 0. The summed E-state index contributed by atoms with van der Waals surface area (Å²) in [4.78, 5) is 16.2. The van der Waals surface area contributed by atoms with Crippen molar-refractivity contribution in [1.82, 2.24) is 10.3 Å². The quantitative estimate of drug-likeness (QED) is 0.907. The van der Waals surface area contributed by atoms with Gasteiger partial charge in [0.2, 0.25) is 0 Å². The fourth-order valence-electron chi connectivity index (χ4n) is 2.47. The van der Waals surface area contributed by atoms with Crippen LogP contribution in [0.3, 0.4) is 0 Å². The van der Waals surface area contributed by atoms with Crippen LogP contribution in [0.15, 0.2) is 60.4 Å². The molecule has 1 aliphatic rings. The van der Waals surface area contributed by atoms with Gasteiger partial charge in [-0.05, 0) is 17.7 Å². The molecule has 20 heavy (non-hydrogen) atoms. The van der Waals surface area contributed by atoms with Gasteiger partial charge in [0.1, 0.15) is 5.78 Å². The zero-order valence-corrected chi connectivity index (χ0v) is 11.2. The van der Waals surface area contributed by atoms with Crippen LogP contribution in [-0.4, -0.2) is 17.3 Å². The Morgan fingerprint density at radius 3 is 2.55 bits per heavy atom. The molecule has 0 spiro atoms. The first-order valence-electron chi connectivity index (χ1n) is 6.80. The molecule has 1 fully saturated rings. The van der Waals surface area contributed by atoms with Crippen molar-refractivity contribution in [2.24, 2.45) is 0 Å². The van der Waals surface area contributed by atoms with E-state index in [0.717, 1.165) is 22.5 Å². The van der Waals surface area contributed by atoms with Gasteiger partial charge < -0.3 is 5.32 Å². The number of aromatic nitrogens is 1. The fourth-order valence-corrected chi connectivity index (χ4v) is 2.47. The normalized spacial score (nSPS) is 17.5. The second kappa shape index (κ2) is 5.70. The molecule has 0 atom stereocenters. The number of Topliss-reactive ketones (excluding diaryl/α,β-unsaturated/α-hetero) is 1. The van der Waals surface area contributed by atoms with Crippen LogP contribution in [0, 0.1) is 0 Å². The average Bonchev–Trinajstić information content (AvgIpc) is 2.50. The summed E-state index contributed by atoms with van der Waals surface area (Å²) in [6.45, 7) is 0.706. The first-order chi connectivity index (χ1) is 9.84. The van der Waals surface area contributed by atoms with Gasteiger partial charge in [0.25, 0.3) is 0 Å². The number of hydrogen-bond donors (Lipinski definition) is 1. The largest absolute Gasteiger partial charge is 0.387 e. The third-order valence-electron chi connectivity index (χ3n) is 3.40. The molecule has 0 saturated carbocycles. The fraction of sp³-hybridized carbons (Fsp3) is 0.176. The molecule has 1 saturated heterocycles. The molecule has 0 amide bonds. The lowest BCUT2D eigenvalue weighted by Gasteiger charge is -2.21. The zero-order valence-electron chi connectivity index (χ0n) is 11.2. The number of benzene rings is 1. The van der Waals surface area contributed by atoms with E-state index in [4.69, 9.17) is 0 Å². The Kier molecular flexibility index (Phi) is 3.59. The Balaban J connectivity index is 2.13. The molecular formula is C17H16N2O. The molecule has 1 aromatic carbocycles. The molecule has 2 aromatic rings. The summed E-state index contributed by atoms with van der Waals surface area (Å²) in [6.07, 6.45) is 2.85. The van der Waals surface area contributed by atoms with Crippen molar-refractivity contribution in [2.45, 2.75) is 12.8 Å². The molecule has 100 valence electrons. The molecule has 1 N–H and O–H groups in total. The first kappa shape index (κ1) is 12.6. The van der Waals surface area contributed by atoms with Gasteiger partial charge in [0.05, 0.1) is 5.69 Å². The maximum atomic E-state index is 11.7. The van der Waals surface area contributed by atoms with E-state index in [0.29, 0.717) is 19.4 Å². The van der Waals surface area contributed by atoms with Gasteiger partial charge in [-0.2, -0.15) is 0 Å². The van der Waals surface area contributed by atoms with E-state index in [-0.39, 0.29) is 5.78 Å². The maximum absolute atomic E-state index is 11.7. The van der Waals surface area contributed by atoms with Crippen molar-refractivity contribution in [3.8, 4) is 0 Å². The average molecular weight is 264 g/mol. The van der Waals surface area contributed by atoms with Crippen molar-refractivity contribution < 1.29 is 4.79 Å². The number of nitrogens with zero attached hydrogens (tertiary/aromatic N) is 1. The minimum Gasteiger partial charge on any atom is -0.387 e. The van der Waals surface area contributed by atoms with E-state index < -0.39 is 0 Å². The van der Waals surface area contributed by atoms with Gasteiger partial charge in [0, 0.05) is 36.9 Å². The van der Waals surface area contributed by atoms with Gasteiger partial charge in [-0.25, -0.2) is 0 Å². The number of ketones is 1. The summed E-state index contributed by atoms with van der Waals surface area (Å²) in [7, 11) is 0. The predicted molar refractivity (Wildman–Crippen MR) is 78.9 cm³/mol. The Morgan fingerprint density at radius 2 is 1.85 bits per heavy atom. The lowest BCUT2D eigenvalue weighted by Crippen LogP contribution is -2.27. The van der Waals surface area contributed by atoms with Gasteiger partial charge in [-0.15, -0.1) is 0 Å². The van der Waals surface area contributed by atoms with Crippen molar-refractivity contribution in [3.63, 3.8) is 0 Å². The van der Waals surface area contributed by atoms with Crippen molar-refractivity contribution in [3.05, 3.63) is 71.7 Å². The van der Waals surface area contributed by atoms with Crippen molar-refractivity contribution in [1.29, 1.82) is 0 Å². The van der Waals surface area contributed by atoms with Crippen LogP contribution in [0.1, 0.15) is 24.1 Å². The minimum absolute atomic E-state index is 0.281. The topological polar surface area (TPSA) is 42.0 Å². The van der Waals surface area contributed by atoms with E-state index in [2.05, 4.69) is 22.4 Å². The molecule has 3 rings (SSSR count). The molecule has 1 aromatic heterocycles. The van der Waals surface area contributed by atoms with Gasteiger partial charge in [0.15, 0.2) is 0 Å². The van der Waals surface area contributed by atoms with E-state index in [1.165, 1.54) is 0 Å². The molecule has 1 aliphatic heterocycles. The summed E-state index contributed by atoms with van der Waals surface area (Å²) >= 11 is 0. The number of carbonyl (C=O) groups is 1. The number of carbonyl (C=O) groups excluding carboxylic acids is 1. The van der Waals surface area contributed by atoms with Gasteiger partial charge in [-0.1, -0.05) is 36.4 Å².